The highest BCUT2D eigenvalue weighted by molar-refractivity contribution is 9.10. The number of benzene rings is 1. The quantitative estimate of drug-likeness (QED) is 0.108. The number of fused-ring (bicyclic) bond motifs is 6. The van der Waals surface area contributed by atoms with Crippen molar-refractivity contribution in [3.63, 3.8) is 0 Å². The SMILES string of the molecule is CC1CC(N(C)c2nc3sc(-c4ccc(-n5nccn5)c5cc[nH]c45)nc3s2)CCN1C.CN(c1nc2sc(-c3cnc(Br)n4ccnc34)nc2s1)C1CCNCC1.CN(c1nc2sc(-c3ncc(Br)n4ccnc34)nc2s1)C1CCNCC1. The number of thiazole rings is 6. The van der Waals surface area contributed by atoms with Gasteiger partial charge in [-0.25, -0.2) is 49.8 Å². The molecule has 3 N–H and O–H groups in total. The molecule has 0 bridgehead atoms. The van der Waals surface area contributed by atoms with E-state index >= 15 is 0 Å². The second-order valence-electron chi connectivity index (χ2n) is 21.0. The summed E-state index contributed by atoms with van der Waals surface area (Å²) in [4.78, 5) is 67.3. The van der Waals surface area contributed by atoms with E-state index in [1.54, 1.807) is 104 Å². The number of imidazole rings is 2. The van der Waals surface area contributed by atoms with Gasteiger partial charge in [-0.15, -0.1) is 0 Å². The van der Waals surface area contributed by atoms with Crippen LogP contribution in [0.15, 0.2) is 83.3 Å². The minimum atomic E-state index is 0.530. The molecule has 13 aromatic rings. The number of aromatic nitrogens is 16. The van der Waals surface area contributed by atoms with Crippen LogP contribution in [0.3, 0.4) is 0 Å². The first-order chi connectivity index (χ1) is 41.0. The molecule has 432 valence electrons. The number of hydrogen-bond acceptors (Lipinski definition) is 24. The van der Waals surface area contributed by atoms with Crippen molar-refractivity contribution >= 4 is 166 Å². The zero-order valence-electron chi connectivity index (χ0n) is 46.2. The van der Waals surface area contributed by atoms with E-state index in [0.717, 1.165) is 172 Å². The number of halogens is 2. The van der Waals surface area contributed by atoms with Crippen molar-refractivity contribution in [1.82, 2.24) is 94.2 Å². The summed E-state index contributed by atoms with van der Waals surface area (Å²) in [5.74, 6) is 0. The lowest BCUT2D eigenvalue weighted by Gasteiger charge is -2.39. The molecule has 3 aliphatic heterocycles. The van der Waals surface area contributed by atoms with Crippen LogP contribution in [0, 0.1) is 0 Å². The normalized spacial score (nSPS) is 17.4. The smallest absolute Gasteiger partial charge is 0.188 e. The van der Waals surface area contributed by atoms with E-state index < -0.39 is 0 Å². The Morgan fingerprint density at radius 2 is 1.11 bits per heavy atom. The standard InChI is InChI=1S/C22H24N8S2.2C16H16BrN7S2/c1-13-12-14(7-11-28(13)2)29(3)22-27-21-20(32-22)26-19(31-21)16-4-5-17(30-24-9-10-25-30)15-6-8-23-18(15)16;1-23(9-2-4-18-5-3-9)16-22-15-14(26-16)21-13(25-15)11-12-19-6-7-24(12)10(17)8-20-11;1-23(9-2-4-18-5-3-9)16-22-14-13(26-16)21-12(25-14)10-8-20-15(17)24-7-6-19-11(10)24/h4-6,8-10,13-14,23H,7,11-12H2,1-3H3;2*6-9,18H,2-5H2,1H3. The largest absolute Gasteiger partial charge is 0.361 e. The first-order valence-electron chi connectivity index (χ1n) is 27.5. The summed E-state index contributed by atoms with van der Waals surface area (Å²) in [6, 6.07) is 8.43. The van der Waals surface area contributed by atoms with Crippen LogP contribution in [-0.4, -0.2) is 169 Å². The van der Waals surface area contributed by atoms with E-state index in [-0.39, 0.29) is 0 Å². The number of rotatable bonds is 10. The second kappa shape index (κ2) is 23.7. The number of aromatic amines is 1. The molecule has 12 aromatic heterocycles. The molecule has 3 aliphatic rings. The third-order valence-electron chi connectivity index (χ3n) is 16.0. The van der Waals surface area contributed by atoms with Crippen LogP contribution in [0.2, 0.25) is 0 Å². The third kappa shape index (κ3) is 10.8. The summed E-state index contributed by atoms with van der Waals surface area (Å²) in [5.41, 5.74) is 6.44. The Kier molecular flexibility index (Phi) is 15.7. The van der Waals surface area contributed by atoms with E-state index in [4.69, 9.17) is 29.9 Å². The van der Waals surface area contributed by atoms with Gasteiger partial charge in [-0.1, -0.05) is 68.0 Å². The monoisotopic (exact) mass is 1360 g/mol. The third-order valence-corrected chi connectivity index (χ3v) is 23.6. The first-order valence-corrected chi connectivity index (χ1v) is 34.0. The average molecular weight is 1370 g/mol. The van der Waals surface area contributed by atoms with Gasteiger partial charge in [-0.3, -0.25) is 8.80 Å². The molecule has 16 rings (SSSR count). The van der Waals surface area contributed by atoms with Crippen molar-refractivity contribution in [1.29, 1.82) is 0 Å². The summed E-state index contributed by atoms with van der Waals surface area (Å²) >= 11 is 16.8. The van der Waals surface area contributed by atoms with Gasteiger partial charge in [-0.05, 0) is 129 Å². The van der Waals surface area contributed by atoms with Gasteiger partial charge >= 0.3 is 0 Å². The molecule has 1 aromatic carbocycles. The molecule has 0 spiro atoms. The van der Waals surface area contributed by atoms with Crippen molar-refractivity contribution in [2.75, 3.05) is 75.6 Å². The Morgan fingerprint density at radius 1 is 0.560 bits per heavy atom. The molecule has 0 radical (unpaired) electrons. The Labute approximate surface area is 522 Å². The minimum absolute atomic E-state index is 0.530. The molecule has 0 aliphatic carbocycles. The molecule has 84 heavy (non-hydrogen) atoms. The maximum absolute atomic E-state index is 4.96. The molecule has 0 saturated carbocycles. The Bertz CT molecular complexity index is 4160. The maximum Gasteiger partial charge on any atom is 0.188 e. The lowest BCUT2D eigenvalue weighted by atomic mass is 9.98. The van der Waals surface area contributed by atoms with E-state index in [1.807, 2.05) is 33.6 Å². The number of anilines is 3. The Morgan fingerprint density at radius 3 is 1.71 bits per heavy atom. The van der Waals surface area contributed by atoms with Crippen molar-refractivity contribution in [2.45, 2.75) is 69.6 Å². The van der Waals surface area contributed by atoms with Gasteiger partial charge < -0.3 is 35.2 Å². The fraction of sp³-hybridized carbons (Fsp3) is 0.370. The van der Waals surface area contributed by atoms with Gasteiger partial charge in [0.05, 0.1) is 35.4 Å². The van der Waals surface area contributed by atoms with E-state index in [2.05, 4.69) is 151 Å². The molecule has 3 saturated heterocycles. The minimum Gasteiger partial charge on any atom is -0.361 e. The highest BCUT2D eigenvalue weighted by Crippen LogP contribution is 2.42. The molecule has 2 atom stereocenters. The van der Waals surface area contributed by atoms with E-state index in [1.165, 1.54) is 12.8 Å². The molecule has 2 unspecified atom stereocenters. The molecule has 15 heterocycles. The van der Waals surface area contributed by atoms with E-state index in [9.17, 15) is 0 Å². The molecular formula is C54H56Br2N22S6. The Balaban J connectivity index is 0.000000113. The van der Waals surface area contributed by atoms with Crippen molar-refractivity contribution < 1.29 is 0 Å². The molecular weight excluding hydrogens is 1310 g/mol. The fourth-order valence-corrected chi connectivity index (χ4v) is 18.1. The predicted molar refractivity (Wildman–Crippen MR) is 350 cm³/mol. The molecule has 3 fully saturated rings. The van der Waals surface area contributed by atoms with Crippen molar-refractivity contribution in [3.05, 3.63) is 83.3 Å². The first kappa shape index (κ1) is 55.8. The summed E-state index contributed by atoms with van der Waals surface area (Å²) in [6.07, 6.45) is 23.2. The highest BCUT2D eigenvalue weighted by Gasteiger charge is 2.29. The lowest BCUT2D eigenvalue weighted by molar-refractivity contribution is 0.181. The van der Waals surface area contributed by atoms with Crippen LogP contribution in [0.1, 0.15) is 45.4 Å². The molecule has 22 nitrogen and oxygen atoms in total. The van der Waals surface area contributed by atoms with Crippen LogP contribution in [-0.2, 0) is 0 Å². The summed E-state index contributed by atoms with van der Waals surface area (Å²) in [6.45, 7) is 7.75. The summed E-state index contributed by atoms with van der Waals surface area (Å²) < 4.78 is 5.48. The highest BCUT2D eigenvalue weighted by atomic mass is 79.9. The topological polar surface area (TPSA) is 221 Å². The number of nitrogens with zero attached hydrogens (tertiary/aromatic N) is 19. The zero-order chi connectivity index (χ0) is 57.2. The van der Waals surface area contributed by atoms with Crippen LogP contribution in [0.25, 0.3) is 88.7 Å². The summed E-state index contributed by atoms with van der Waals surface area (Å²) in [5, 5.41) is 22.4. The van der Waals surface area contributed by atoms with Gasteiger partial charge in [-0.2, -0.15) is 15.0 Å². The number of H-pyrrole nitrogens is 1. The number of hydrogen-bond donors (Lipinski definition) is 3. The predicted octanol–water partition coefficient (Wildman–Crippen LogP) is 11.2. The summed E-state index contributed by atoms with van der Waals surface area (Å²) in [7, 11) is 8.68. The van der Waals surface area contributed by atoms with E-state index in [0.29, 0.717) is 24.2 Å². The van der Waals surface area contributed by atoms with Crippen LogP contribution in [0.4, 0.5) is 15.4 Å². The van der Waals surface area contributed by atoms with Gasteiger partial charge in [0.15, 0.2) is 60.4 Å². The van der Waals surface area contributed by atoms with Crippen molar-refractivity contribution in [3.8, 4) is 37.5 Å². The van der Waals surface area contributed by atoms with Crippen LogP contribution >= 0.6 is 99.9 Å². The number of piperidine rings is 3. The second-order valence-corrected chi connectivity index (χ2v) is 28.3. The van der Waals surface area contributed by atoms with Crippen molar-refractivity contribution in [2.24, 2.45) is 0 Å². The average Bonchev–Trinajstić information content (AvgIpc) is 2.86. The molecule has 0 amide bonds. The zero-order valence-corrected chi connectivity index (χ0v) is 54.3. The van der Waals surface area contributed by atoms with Gasteiger partial charge in [0, 0.05) is 100.0 Å². The van der Waals surface area contributed by atoms with Crippen LogP contribution < -0.4 is 25.3 Å². The van der Waals surface area contributed by atoms with Gasteiger partial charge in [0.25, 0.3) is 0 Å². The lowest BCUT2D eigenvalue weighted by Crippen LogP contribution is -2.46. The van der Waals surface area contributed by atoms with Gasteiger partial charge in [0.2, 0.25) is 0 Å². The Hall–Kier alpha value is -6.06. The van der Waals surface area contributed by atoms with Crippen LogP contribution in [0.5, 0.6) is 0 Å². The number of likely N-dealkylation sites (tertiary alicyclic amines) is 1. The fourth-order valence-electron chi connectivity index (χ4n) is 11.1. The number of nitrogens with one attached hydrogen (secondary N) is 3. The maximum atomic E-state index is 4.96. The van der Waals surface area contributed by atoms with Gasteiger partial charge in [0.1, 0.15) is 25.3 Å². The molecule has 30 heteroatoms.